The van der Waals surface area contributed by atoms with Crippen molar-refractivity contribution in [3.8, 4) is 0 Å². The molecule has 0 atom stereocenters. The average molecular weight is 346 g/mol. The lowest BCUT2D eigenvalue weighted by molar-refractivity contribution is -0.117. The highest BCUT2D eigenvalue weighted by Gasteiger charge is 2.05. The molecule has 0 radical (unpaired) electrons. The predicted molar refractivity (Wildman–Crippen MR) is 83.0 cm³/mol. The molecule has 2 N–H and O–H groups in total. The molecule has 5 nitrogen and oxygen atoms in total. The van der Waals surface area contributed by atoms with Crippen LogP contribution >= 0.6 is 15.9 Å². The zero-order valence-electron chi connectivity index (χ0n) is 10.9. The molecular formula is C15H12BrN3O2. The van der Waals surface area contributed by atoms with Crippen molar-refractivity contribution in [1.82, 2.24) is 15.8 Å². The third-order valence-electron chi connectivity index (χ3n) is 2.54. The van der Waals surface area contributed by atoms with Crippen LogP contribution in [0.1, 0.15) is 15.9 Å². The molecule has 0 aliphatic rings. The summed E-state index contributed by atoms with van der Waals surface area (Å²) in [5.74, 6) is -0.801. The van der Waals surface area contributed by atoms with E-state index < -0.39 is 5.91 Å². The Bertz CT molecular complexity index is 654. The van der Waals surface area contributed by atoms with Gasteiger partial charge < -0.3 is 0 Å². The third-order valence-corrected chi connectivity index (χ3v) is 3.07. The van der Waals surface area contributed by atoms with Gasteiger partial charge in [0.15, 0.2) is 0 Å². The van der Waals surface area contributed by atoms with E-state index in [-0.39, 0.29) is 5.91 Å². The van der Waals surface area contributed by atoms with Gasteiger partial charge in [-0.3, -0.25) is 25.4 Å². The number of rotatable bonds is 3. The molecule has 6 heteroatoms. The van der Waals surface area contributed by atoms with E-state index in [1.54, 1.807) is 54.9 Å². The molecule has 2 amide bonds. The number of halogens is 1. The zero-order chi connectivity index (χ0) is 15.1. The SMILES string of the molecule is O=C(/C=C/c1ccncc1)NNC(=O)c1ccc(Br)cc1. The molecule has 0 spiro atoms. The van der Waals surface area contributed by atoms with Crippen LogP contribution in [0, 0.1) is 0 Å². The summed E-state index contributed by atoms with van der Waals surface area (Å²) in [5, 5.41) is 0. The van der Waals surface area contributed by atoms with Crippen LogP contribution in [-0.4, -0.2) is 16.8 Å². The molecule has 21 heavy (non-hydrogen) atoms. The number of benzene rings is 1. The fourth-order valence-corrected chi connectivity index (χ4v) is 1.74. The summed E-state index contributed by atoms with van der Waals surface area (Å²) in [6.45, 7) is 0. The van der Waals surface area contributed by atoms with Gasteiger partial charge in [-0.25, -0.2) is 0 Å². The summed E-state index contributed by atoms with van der Waals surface area (Å²) in [6, 6.07) is 10.3. The molecule has 1 aromatic carbocycles. The highest BCUT2D eigenvalue weighted by Crippen LogP contribution is 2.10. The standard InChI is InChI=1S/C15H12BrN3O2/c16-13-4-2-12(3-5-13)15(21)19-18-14(20)6-1-11-7-9-17-10-8-11/h1-10H,(H,18,20)(H,19,21)/b6-1+. The van der Waals surface area contributed by atoms with Crippen LogP contribution in [0.5, 0.6) is 0 Å². The van der Waals surface area contributed by atoms with Crippen LogP contribution in [0.3, 0.4) is 0 Å². The van der Waals surface area contributed by atoms with Gasteiger partial charge in [0.2, 0.25) is 0 Å². The normalized spacial score (nSPS) is 10.3. The lowest BCUT2D eigenvalue weighted by atomic mass is 10.2. The van der Waals surface area contributed by atoms with Gasteiger partial charge in [0, 0.05) is 28.5 Å². The van der Waals surface area contributed by atoms with Crippen molar-refractivity contribution in [3.05, 3.63) is 70.5 Å². The fraction of sp³-hybridized carbons (Fsp3) is 0. The Labute approximate surface area is 130 Å². The number of amides is 2. The molecule has 0 fully saturated rings. The van der Waals surface area contributed by atoms with Crippen molar-refractivity contribution in [1.29, 1.82) is 0 Å². The van der Waals surface area contributed by atoms with E-state index in [4.69, 9.17) is 0 Å². The van der Waals surface area contributed by atoms with Gasteiger partial charge in [0.05, 0.1) is 0 Å². The number of hydrogen-bond acceptors (Lipinski definition) is 3. The summed E-state index contributed by atoms with van der Waals surface area (Å²) in [6.07, 6.45) is 6.22. The maximum absolute atomic E-state index is 11.8. The van der Waals surface area contributed by atoms with Crippen molar-refractivity contribution < 1.29 is 9.59 Å². The summed E-state index contributed by atoms with van der Waals surface area (Å²) >= 11 is 3.28. The monoisotopic (exact) mass is 345 g/mol. The molecule has 2 rings (SSSR count). The van der Waals surface area contributed by atoms with Crippen LogP contribution in [0.2, 0.25) is 0 Å². The zero-order valence-corrected chi connectivity index (χ0v) is 12.5. The highest BCUT2D eigenvalue weighted by molar-refractivity contribution is 9.10. The van der Waals surface area contributed by atoms with E-state index in [0.717, 1.165) is 10.0 Å². The Morgan fingerprint density at radius 3 is 2.33 bits per heavy atom. The first-order valence-electron chi connectivity index (χ1n) is 6.09. The molecule has 1 heterocycles. The largest absolute Gasteiger partial charge is 0.269 e. The van der Waals surface area contributed by atoms with Gasteiger partial charge in [-0.05, 0) is 48.0 Å². The first kappa shape index (κ1) is 14.9. The number of hydrazine groups is 1. The molecule has 0 unspecified atom stereocenters. The van der Waals surface area contributed by atoms with Gasteiger partial charge in [-0.15, -0.1) is 0 Å². The first-order valence-corrected chi connectivity index (χ1v) is 6.88. The molecule has 0 aliphatic heterocycles. The number of hydrogen-bond donors (Lipinski definition) is 2. The Morgan fingerprint density at radius 2 is 1.67 bits per heavy atom. The van der Waals surface area contributed by atoms with E-state index in [9.17, 15) is 9.59 Å². The first-order chi connectivity index (χ1) is 10.1. The van der Waals surface area contributed by atoms with E-state index in [1.165, 1.54) is 6.08 Å². The number of carbonyl (C=O) groups is 2. The van der Waals surface area contributed by atoms with E-state index in [0.29, 0.717) is 5.56 Å². The minimum Gasteiger partial charge on any atom is -0.268 e. The van der Waals surface area contributed by atoms with Crippen molar-refractivity contribution >= 4 is 33.8 Å². The Balaban J connectivity index is 1.85. The second kappa shape index (κ2) is 7.35. The molecule has 2 aromatic rings. The topological polar surface area (TPSA) is 71.1 Å². The van der Waals surface area contributed by atoms with Gasteiger partial charge in [0.25, 0.3) is 11.8 Å². The predicted octanol–water partition coefficient (Wildman–Crippen LogP) is 2.32. The average Bonchev–Trinajstić information content (AvgIpc) is 2.52. The number of nitrogens with zero attached hydrogens (tertiary/aromatic N) is 1. The second-order valence-corrected chi connectivity index (χ2v) is 4.98. The Hall–Kier alpha value is -2.47. The molecule has 106 valence electrons. The summed E-state index contributed by atoms with van der Waals surface area (Å²) in [4.78, 5) is 27.2. The van der Waals surface area contributed by atoms with Crippen molar-refractivity contribution in [2.24, 2.45) is 0 Å². The van der Waals surface area contributed by atoms with Crippen molar-refractivity contribution in [3.63, 3.8) is 0 Å². The number of nitrogens with one attached hydrogen (secondary N) is 2. The van der Waals surface area contributed by atoms with Gasteiger partial charge in [-0.1, -0.05) is 15.9 Å². The number of aromatic nitrogens is 1. The summed E-state index contributed by atoms with van der Waals surface area (Å²) in [7, 11) is 0. The van der Waals surface area contributed by atoms with E-state index in [2.05, 4.69) is 31.8 Å². The molecule has 0 aliphatic carbocycles. The van der Waals surface area contributed by atoms with Crippen LogP contribution in [0.15, 0.2) is 59.3 Å². The van der Waals surface area contributed by atoms with Gasteiger partial charge in [-0.2, -0.15) is 0 Å². The van der Waals surface area contributed by atoms with E-state index in [1.807, 2.05) is 0 Å². The molecule has 0 saturated carbocycles. The lowest BCUT2D eigenvalue weighted by Crippen LogP contribution is -2.40. The fourth-order valence-electron chi connectivity index (χ4n) is 1.48. The number of pyridine rings is 1. The van der Waals surface area contributed by atoms with Crippen LogP contribution in [0.4, 0.5) is 0 Å². The van der Waals surface area contributed by atoms with Crippen LogP contribution in [-0.2, 0) is 4.79 Å². The molecule has 0 bridgehead atoms. The summed E-state index contributed by atoms with van der Waals surface area (Å²) in [5.41, 5.74) is 5.95. The second-order valence-electron chi connectivity index (χ2n) is 4.06. The van der Waals surface area contributed by atoms with Gasteiger partial charge >= 0.3 is 0 Å². The molecule has 0 saturated heterocycles. The summed E-state index contributed by atoms with van der Waals surface area (Å²) < 4.78 is 0.878. The number of carbonyl (C=O) groups excluding carboxylic acids is 2. The smallest absolute Gasteiger partial charge is 0.268 e. The van der Waals surface area contributed by atoms with Crippen molar-refractivity contribution in [2.75, 3.05) is 0 Å². The Morgan fingerprint density at radius 1 is 1.00 bits per heavy atom. The van der Waals surface area contributed by atoms with Gasteiger partial charge in [0.1, 0.15) is 0 Å². The molecule has 1 aromatic heterocycles. The van der Waals surface area contributed by atoms with Crippen LogP contribution < -0.4 is 10.9 Å². The third kappa shape index (κ3) is 4.85. The Kier molecular flexibility index (Phi) is 5.22. The van der Waals surface area contributed by atoms with E-state index >= 15 is 0 Å². The maximum Gasteiger partial charge on any atom is 0.269 e. The molecular weight excluding hydrogens is 334 g/mol. The highest BCUT2D eigenvalue weighted by atomic mass is 79.9. The lowest BCUT2D eigenvalue weighted by Gasteiger charge is -2.05. The minimum atomic E-state index is -0.419. The maximum atomic E-state index is 11.8. The van der Waals surface area contributed by atoms with Crippen LogP contribution in [0.25, 0.3) is 6.08 Å². The quantitative estimate of drug-likeness (QED) is 0.662. The van der Waals surface area contributed by atoms with Crippen molar-refractivity contribution in [2.45, 2.75) is 0 Å². The minimum absolute atomic E-state index is 0.381.